The van der Waals surface area contributed by atoms with E-state index < -0.39 is 17.2 Å². The monoisotopic (exact) mass is 330 g/mol. The Morgan fingerprint density at radius 1 is 1.25 bits per heavy atom. The van der Waals surface area contributed by atoms with Crippen LogP contribution in [0.5, 0.6) is 0 Å². The molecule has 1 saturated carbocycles. The van der Waals surface area contributed by atoms with E-state index in [1.807, 2.05) is 0 Å². The van der Waals surface area contributed by atoms with Crippen molar-refractivity contribution in [3.8, 4) is 5.69 Å². The van der Waals surface area contributed by atoms with Crippen molar-refractivity contribution in [1.82, 2.24) is 9.78 Å². The Hall–Kier alpha value is -2.50. The van der Waals surface area contributed by atoms with Crippen LogP contribution in [0, 0.1) is 12.7 Å². The fourth-order valence-electron chi connectivity index (χ4n) is 2.95. The lowest BCUT2D eigenvalue weighted by molar-refractivity contribution is 0.0200. The second kappa shape index (κ2) is 6.95. The Morgan fingerprint density at radius 3 is 2.67 bits per heavy atom. The number of hydrogen-bond acceptors (Lipinski definition) is 4. The predicted octanol–water partition coefficient (Wildman–Crippen LogP) is 3.17. The second-order valence-electron chi connectivity index (χ2n) is 6.03. The molecule has 1 aliphatic carbocycles. The number of aryl methyl sites for hydroxylation is 1. The van der Waals surface area contributed by atoms with Crippen molar-refractivity contribution in [2.45, 2.75) is 45.1 Å². The summed E-state index contributed by atoms with van der Waals surface area (Å²) >= 11 is 0. The fraction of sp³-hybridized carbons (Fsp3) is 0.389. The zero-order chi connectivity index (χ0) is 17.1. The highest BCUT2D eigenvalue weighted by Crippen LogP contribution is 2.21. The number of carbonyl (C=O) groups is 1. The maximum Gasteiger partial charge on any atom is 0.363 e. The molecule has 5 nitrogen and oxygen atoms in total. The molecule has 126 valence electrons. The summed E-state index contributed by atoms with van der Waals surface area (Å²) < 4.78 is 20.7. The molecule has 0 atom stereocenters. The lowest BCUT2D eigenvalue weighted by Crippen LogP contribution is -2.28. The first-order valence-electron chi connectivity index (χ1n) is 8.13. The first kappa shape index (κ1) is 16.4. The van der Waals surface area contributed by atoms with Crippen LogP contribution in [0.25, 0.3) is 5.69 Å². The number of aromatic nitrogens is 2. The number of nitrogens with zero attached hydrogens (tertiary/aromatic N) is 2. The predicted molar refractivity (Wildman–Crippen MR) is 86.8 cm³/mol. The van der Waals surface area contributed by atoms with Gasteiger partial charge in [-0.05, 0) is 44.7 Å². The van der Waals surface area contributed by atoms with Gasteiger partial charge in [-0.1, -0.05) is 18.6 Å². The maximum atomic E-state index is 14.0. The van der Waals surface area contributed by atoms with Crippen LogP contribution >= 0.6 is 0 Å². The first-order valence-corrected chi connectivity index (χ1v) is 8.13. The van der Waals surface area contributed by atoms with Gasteiger partial charge in [0.15, 0.2) is 0 Å². The second-order valence-corrected chi connectivity index (χ2v) is 6.03. The van der Waals surface area contributed by atoms with Crippen LogP contribution in [0.2, 0.25) is 0 Å². The average molecular weight is 330 g/mol. The number of halogens is 1. The Labute approximate surface area is 139 Å². The summed E-state index contributed by atoms with van der Waals surface area (Å²) in [4.78, 5) is 24.4. The third kappa shape index (κ3) is 3.37. The van der Waals surface area contributed by atoms with Crippen LogP contribution in [-0.2, 0) is 4.74 Å². The van der Waals surface area contributed by atoms with Gasteiger partial charge in [0.25, 0.3) is 0 Å². The minimum Gasteiger partial charge on any atom is -0.458 e. The van der Waals surface area contributed by atoms with Gasteiger partial charge in [0.2, 0.25) is 11.1 Å². The summed E-state index contributed by atoms with van der Waals surface area (Å²) in [5.74, 6) is -1.22. The van der Waals surface area contributed by atoms with Crippen LogP contribution in [-0.4, -0.2) is 21.9 Å². The molecule has 1 aromatic heterocycles. The molecule has 0 spiro atoms. The van der Waals surface area contributed by atoms with E-state index in [0.29, 0.717) is 5.69 Å². The molecule has 2 aromatic rings. The topological polar surface area (TPSA) is 61.2 Å². The van der Waals surface area contributed by atoms with E-state index in [4.69, 9.17) is 4.74 Å². The number of esters is 1. The lowest BCUT2D eigenvalue weighted by Gasteiger charge is -2.21. The van der Waals surface area contributed by atoms with Crippen LogP contribution in [0.4, 0.5) is 4.39 Å². The van der Waals surface area contributed by atoms with E-state index in [0.717, 1.165) is 32.1 Å². The molecule has 0 unspecified atom stereocenters. The van der Waals surface area contributed by atoms with Crippen LogP contribution in [0.15, 0.2) is 35.1 Å². The minimum atomic E-state index is -0.739. The van der Waals surface area contributed by atoms with Crippen LogP contribution in [0.1, 0.15) is 48.3 Å². The molecule has 3 rings (SSSR count). The van der Waals surface area contributed by atoms with Crippen LogP contribution < -0.4 is 5.43 Å². The van der Waals surface area contributed by atoms with Crippen molar-refractivity contribution in [2.75, 3.05) is 0 Å². The molecule has 0 amide bonds. The lowest BCUT2D eigenvalue weighted by atomic mass is 9.98. The van der Waals surface area contributed by atoms with E-state index in [1.54, 1.807) is 19.1 Å². The van der Waals surface area contributed by atoms with Gasteiger partial charge in [0, 0.05) is 11.8 Å². The quantitative estimate of drug-likeness (QED) is 0.811. The zero-order valence-corrected chi connectivity index (χ0v) is 13.5. The van der Waals surface area contributed by atoms with Gasteiger partial charge in [0.1, 0.15) is 17.6 Å². The molecule has 24 heavy (non-hydrogen) atoms. The summed E-state index contributed by atoms with van der Waals surface area (Å²) in [7, 11) is 0. The standard InChI is InChI=1S/C18H19FN2O3/c1-12-11-16(22)17(18(23)24-13-7-3-2-4-8-13)20-21(12)15-10-6-5-9-14(15)19/h5-6,9-11,13H,2-4,7-8H2,1H3. The van der Waals surface area contributed by atoms with Gasteiger partial charge < -0.3 is 4.74 Å². The number of hydrogen-bond donors (Lipinski definition) is 0. The zero-order valence-electron chi connectivity index (χ0n) is 13.5. The van der Waals surface area contributed by atoms with Gasteiger partial charge in [0.05, 0.1) is 0 Å². The summed E-state index contributed by atoms with van der Waals surface area (Å²) in [6.07, 6.45) is 4.60. The third-order valence-corrected chi connectivity index (χ3v) is 4.21. The highest BCUT2D eigenvalue weighted by molar-refractivity contribution is 5.87. The molecule has 1 fully saturated rings. The van der Waals surface area contributed by atoms with Crippen molar-refractivity contribution >= 4 is 5.97 Å². The van der Waals surface area contributed by atoms with E-state index in [2.05, 4.69) is 5.10 Å². The van der Waals surface area contributed by atoms with Crippen molar-refractivity contribution in [1.29, 1.82) is 0 Å². The highest BCUT2D eigenvalue weighted by atomic mass is 19.1. The highest BCUT2D eigenvalue weighted by Gasteiger charge is 2.23. The number of para-hydroxylation sites is 1. The minimum absolute atomic E-state index is 0.171. The van der Waals surface area contributed by atoms with Crippen molar-refractivity contribution < 1.29 is 13.9 Å². The van der Waals surface area contributed by atoms with Gasteiger partial charge in [-0.15, -0.1) is 0 Å². The number of ether oxygens (including phenoxy) is 1. The van der Waals surface area contributed by atoms with Gasteiger partial charge in [-0.3, -0.25) is 4.79 Å². The summed E-state index contributed by atoms with van der Waals surface area (Å²) in [6, 6.07) is 7.34. The van der Waals surface area contributed by atoms with Gasteiger partial charge >= 0.3 is 5.97 Å². The van der Waals surface area contributed by atoms with Crippen molar-refractivity contribution in [2.24, 2.45) is 0 Å². The summed E-state index contributed by atoms with van der Waals surface area (Å²) in [5, 5.41) is 4.06. The third-order valence-electron chi connectivity index (χ3n) is 4.21. The number of rotatable bonds is 3. The Kier molecular flexibility index (Phi) is 4.74. The molecular weight excluding hydrogens is 311 g/mol. The first-order chi connectivity index (χ1) is 11.6. The molecule has 0 N–H and O–H groups in total. The summed E-state index contributed by atoms with van der Waals surface area (Å²) in [6.45, 7) is 1.64. The van der Waals surface area contributed by atoms with E-state index in [9.17, 15) is 14.0 Å². The molecule has 0 aliphatic heterocycles. The largest absolute Gasteiger partial charge is 0.458 e. The molecule has 0 bridgehead atoms. The van der Waals surface area contributed by atoms with Gasteiger partial charge in [-0.2, -0.15) is 5.10 Å². The van der Waals surface area contributed by atoms with E-state index >= 15 is 0 Å². The fourth-order valence-corrected chi connectivity index (χ4v) is 2.95. The molecule has 0 saturated heterocycles. The van der Waals surface area contributed by atoms with Gasteiger partial charge in [-0.25, -0.2) is 13.9 Å². The number of carbonyl (C=O) groups excluding carboxylic acids is 1. The maximum absolute atomic E-state index is 14.0. The van der Waals surface area contributed by atoms with Crippen molar-refractivity contribution in [3.63, 3.8) is 0 Å². The molecule has 1 aliphatic rings. The molecule has 1 aromatic carbocycles. The summed E-state index contributed by atoms with van der Waals surface area (Å²) in [5.41, 5.74) is -0.198. The Bertz CT molecular complexity index is 810. The van der Waals surface area contributed by atoms with E-state index in [-0.39, 0.29) is 17.5 Å². The smallest absolute Gasteiger partial charge is 0.363 e. The normalized spacial score (nSPS) is 15.2. The molecule has 6 heteroatoms. The Balaban J connectivity index is 1.94. The Morgan fingerprint density at radius 2 is 1.96 bits per heavy atom. The SMILES string of the molecule is Cc1cc(=O)c(C(=O)OC2CCCCC2)nn1-c1ccccc1F. The molecule has 1 heterocycles. The number of benzene rings is 1. The van der Waals surface area contributed by atoms with E-state index in [1.165, 1.54) is 22.9 Å². The van der Waals surface area contributed by atoms with Crippen molar-refractivity contribution in [3.05, 3.63) is 57.8 Å². The average Bonchev–Trinajstić information content (AvgIpc) is 2.57. The molecular formula is C18H19FN2O3. The van der Waals surface area contributed by atoms with Crippen LogP contribution in [0.3, 0.4) is 0 Å². The molecule has 0 radical (unpaired) electrons.